The van der Waals surface area contributed by atoms with Gasteiger partial charge in [0.15, 0.2) is 0 Å². The fourth-order valence-electron chi connectivity index (χ4n) is 2.61. The molecule has 108 valence electrons. The average Bonchev–Trinajstić information content (AvgIpc) is 2.37. The van der Waals surface area contributed by atoms with E-state index in [1.54, 1.807) is 0 Å². The molecule has 20 heavy (non-hydrogen) atoms. The van der Waals surface area contributed by atoms with E-state index in [0.29, 0.717) is 11.8 Å². The number of benzene rings is 1. The number of pyridine rings is 1. The van der Waals surface area contributed by atoms with Crippen LogP contribution in [0.3, 0.4) is 0 Å². The highest BCUT2D eigenvalue weighted by molar-refractivity contribution is 5.98. The number of hydrogen-bond donors (Lipinski definition) is 1. The van der Waals surface area contributed by atoms with Crippen LogP contribution < -0.4 is 10.6 Å². The van der Waals surface area contributed by atoms with Crippen LogP contribution in [-0.4, -0.2) is 18.1 Å². The molecule has 3 heteroatoms. The van der Waals surface area contributed by atoms with Gasteiger partial charge in [-0.3, -0.25) is 4.98 Å². The SMILES string of the molecule is CC(C)CN(CC(C)C)c1ccnc2c(N)cccc12. The maximum absolute atomic E-state index is 6.05. The minimum atomic E-state index is 0.623. The molecule has 0 aliphatic heterocycles. The van der Waals surface area contributed by atoms with Gasteiger partial charge in [0.1, 0.15) is 0 Å². The van der Waals surface area contributed by atoms with Gasteiger partial charge >= 0.3 is 0 Å². The Balaban J connectivity index is 2.49. The van der Waals surface area contributed by atoms with E-state index >= 15 is 0 Å². The van der Waals surface area contributed by atoms with Crippen molar-refractivity contribution in [2.45, 2.75) is 27.7 Å². The second-order valence-corrected chi connectivity index (χ2v) is 6.27. The number of para-hydroxylation sites is 1. The highest BCUT2D eigenvalue weighted by Gasteiger charge is 2.14. The van der Waals surface area contributed by atoms with Gasteiger partial charge in [-0.05, 0) is 24.0 Å². The standard InChI is InChI=1S/C17H25N3/c1-12(2)10-20(11-13(3)4)16-8-9-19-17-14(16)6-5-7-15(17)18/h5-9,12-13H,10-11,18H2,1-4H3. The van der Waals surface area contributed by atoms with Crippen molar-refractivity contribution >= 4 is 22.3 Å². The van der Waals surface area contributed by atoms with Crippen molar-refractivity contribution < 1.29 is 0 Å². The number of fused-ring (bicyclic) bond motifs is 1. The van der Waals surface area contributed by atoms with Crippen LogP contribution in [0.15, 0.2) is 30.5 Å². The van der Waals surface area contributed by atoms with Gasteiger partial charge in [-0.25, -0.2) is 0 Å². The van der Waals surface area contributed by atoms with Crippen molar-refractivity contribution in [2.75, 3.05) is 23.7 Å². The summed E-state index contributed by atoms with van der Waals surface area (Å²) in [5.74, 6) is 1.25. The van der Waals surface area contributed by atoms with E-state index in [4.69, 9.17) is 5.73 Å². The van der Waals surface area contributed by atoms with E-state index in [-0.39, 0.29) is 0 Å². The van der Waals surface area contributed by atoms with Crippen LogP contribution in [0.2, 0.25) is 0 Å². The lowest BCUT2D eigenvalue weighted by molar-refractivity contribution is 0.553. The van der Waals surface area contributed by atoms with Crippen LogP contribution in [0.25, 0.3) is 10.9 Å². The maximum atomic E-state index is 6.05. The van der Waals surface area contributed by atoms with Crippen molar-refractivity contribution in [3.05, 3.63) is 30.5 Å². The molecule has 2 aromatic rings. The highest BCUT2D eigenvalue weighted by Crippen LogP contribution is 2.29. The average molecular weight is 271 g/mol. The normalized spacial score (nSPS) is 11.5. The zero-order valence-corrected chi connectivity index (χ0v) is 12.9. The Hall–Kier alpha value is -1.77. The molecule has 1 aromatic carbocycles. The van der Waals surface area contributed by atoms with Gasteiger partial charge in [-0.15, -0.1) is 0 Å². The summed E-state index contributed by atoms with van der Waals surface area (Å²) in [6, 6.07) is 8.13. The van der Waals surface area contributed by atoms with Gasteiger partial charge in [0.2, 0.25) is 0 Å². The molecule has 0 saturated carbocycles. The molecule has 0 aliphatic carbocycles. The summed E-state index contributed by atoms with van der Waals surface area (Å²) in [5.41, 5.74) is 8.94. The first-order valence-corrected chi connectivity index (χ1v) is 7.37. The van der Waals surface area contributed by atoms with Gasteiger partial charge in [-0.1, -0.05) is 39.8 Å². The van der Waals surface area contributed by atoms with E-state index in [2.05, 4.69) is 49.7 Å². The number of aromatic nitrogens is 1. The van der Waals surface area contributed by atoms with Crippen molar-refractivity contribution in [3.8, 4) is 0 Å². The predicted molar refractivity (Wildman–Crippen MR) is 88.0 cm³/mol. The van der Waals surface area contributed by atoms with Crippen molar-refractivity contribution in [2.24, 2.45) is 11.8 Å². The third-order valence-corrected chi connectivity index (χ3v) is 3.29. The second kappa shape index (κ2) is 6.12. The van der Waals surface area contributed by atoms with Gasteiger partial charge in [-0.2, -0.15) is 0 Å². The van der Waals surface area contributed by atoms with Gasteiger partial charge < -0.3 is 10.6 Å². The molecule has 2 N–H and O–H groups in total. The van der Waals surface area contributed by atoms with Gasteiger partial charge in [0.25, 0.3) is 0 Å². The first-order valence-electron chi connectivity index (χ1n) is 7.37. The molecule has 0 aliphatic rings. The summed E-state index contributed by atoms with van der Waals surface area (Å²) in [6.07, 6.45) is 1.86. The topological polar surface area (TPSA) is 42.2 Å². The van der Waals surface area contributed by atoms with Crippen molar-refractivity contribution in [1.82, 2.24) is 4.98 Å². The Morgan fingerprint density at radius 1 is 1.05 bits per heavy atom. The van der Waals surface area contributed by atoms with Crippen LogP contribution in [0.1, 0.15) is 27.7 Å². The zero-order valence-electron chi connectivity index (χ0n) is 12.9. The molecule has 0 amide bonds. The quantitative estimate of drug-likeness (QED) is 0.838. The molecule has 1 aromatic heterocycles. The smallest absolute Gasteiger partial charge is 0.0951 e. The molecule has 0 atom stereocenters. The fraction of sp³-hybridized carbons (Fsp3) is 0.471. The zero-order chi connectivity index (χ0) is 14.7. The number of rotatable bonds is 5. The number of anilines is 2. The van der Waals surface area contributed by atoms with Crippen molar-refractivity contribution in [1.29, 1.82) is 0 Å². The molecule has 0 spiro atoms. The molecule has 1 heterocycles. The molecule has 0 saturated heterocycles. The molecule has 2 rings (SSSR count). The lowest BCUT2D eigenvalue weighted by atomic mass is 10.1. The molecule has 3 nitrogen and oxygen atoms in total. The molecule has 0 unspecified atom stereocenters. The minimum absolute atomic E-state index is 0.623. The highest BCUT2D eigenvalue weighted by atomic mass is 15.1. The molecule has 0 radical (unpaired) electrons. The Kier molecular flexibility index (Phi) is 4.48. The van der Waals surface area contributed by atoms with E-state index in [0.717, 1.165) is 29.7 Å². The summed E-state index contributed by atoms with van der Waals surface area (Å²) in [7, 11) is 0. The van der Waals surface area contributed by atoms with Crippen LogP contribution in [0, 0.1) is 11.8 Å². The van der Waals surface area contributed by atoms with E-state index in [1.807, 2.05) is 18.3 Å². The van der Waals surface area contributed by atoms with Gasteiger partial charge in [0.05, 0.1) is 11.2 Å². The first-order chi connectivity index (χ1) is 9.49. The summed E-state index contributed by atoms with van der Waals surface area (Å²) in [6.45, 7) is 11.1. The first kappa shape index (κ1) is 14.6. The van der Waals surface area contributed by atoms with E-state index in [9.17, 15) is 0 Å². The number of nitrogens with two attached hydrogens (primary N) is 1. The van der Waals surface area contributed by atoms with Crippen LogP contribution in [0.4, 0.5) is 11.4 Å². The van der Waals surface area contributed by atoms with Crippen LogP contribution in [0.5, 0.6) is 0 Å². The van der Waals surface area contributed by atoms with Crippen molar-refractivity contribution in [3.63, 3.8) is 0 Å². The fourth-order valence-corrected chi connectivity index (χ4v) is 2.61. The molecule has 0 bridgehead atoms. The lowest BCUT2D eigenvalue weighted by Crippen LogP contribution is -2.31. The monoisotopic (exact) mass is 271 g/mol. The Labute approximate surface area is 121 Å². The maximum Gasteiger partial charge on any atom is 0.0951 e. The third kappa shape index (κ3) is 3.21. The lowest BCUT2D eigenvalue weighted by Gasteiger charge is -2.29. The number of nitrogens with zero attached hydrogens (tertiary/aromatic N) is 2. The van der Waals surface area contributed by atoms with E-state index < -0.39 is 0 Å². The minimum Gasteiger partial charge on any atom is -0.397 e. The third-order valence-electron chi connectivity index (χ3n) is 3.29. The predicted octanol–water partition coefficient (Wildman–Crippen LogP) is 3.94. The second-order valence-electron chi connectivity index (χ2n) is 6.27. The summed E-state index contributed by atoms with van der Waals surface area (Å²) >= 11 is 0. The Morgan fingerprint density at radius 3 is 2.30 bits per heavy atom. The van der Waals surface area contributed by atoms with Crippen LogP contribution in [-0.2, 0) is 0 Å². The Morgan fingerprint density at radius 2 is 1.70 bits per heavy atom. The summed E-state index contributed by atoms with van der Waals surface area (Å²) in [5, 5.41) is 1.15. The molecular formula is C17H25N3. The molecule has 0 fully saturated rings. The van der Waals surface area contributed by atoms with Gasteiger partial charge in [0, 0.05) is 30.4 Å². The van der Waals surface area contributed by atoms with E-state index in [1.165, 1.54) is 5.69 Å². The number of hydrogen-bond acceptors (Lipinski definition) is 3. The van der Waals surface area contributed by atoms with Crippen LogP contribution >= 0.6 is 0 Å². The molecular weight excluding hydrogens is 246 g/mol. The largest absolute Gasteiger partial charge is 0.397 e. The number of nitrogen functional groups attached to an aromatic ring is 1. The summed E-state index contributed by atoms with van der Waals surface area (Å²) < 4.78 is 0. The Bertz CT molecular complexity index is 565. The summed E-state index contributed by atoms with van der Waals surface area (Å²) in [4.78, 5) is 6.89.